The first-order valence-electron chi connectivity index (χ1n) is 10.1. The number of carbonyl (C=O) groups excluding carboxylic acids is 1. The summed E-state index contributed by atoms with van der Waals surface area (Å²) >= 11 is 6.17. The standard InChI is InChI=1S/C23H20ClN5O4S/c1-33-20-6-3-2-5-19(20)28-34(31,32)21-14-17(7-8-18(21)24)23(30)26-15-16-9-11-25-22(13-16)29-12-4-10-27-29/h2-14,28H,15H2,1H3,(H,26,30). The van der Waals surface area contributed by atoms with Crippen molar-refractivity contribution in [1.29, 1.82) is 0 Å². The zero-order valence-electron chi connectivity index (χ0n) is 18.0. The fourth-order valence-corrected chi connectivity index (χ4v) is 4.76. The lowest BCUT2D eigenvalue weighted by Crippen LogP contribution is -2.23. The number of pyridine rings is 1. The maximum Gasteiger partial charge on any atom is 0.263 e. The van der Waals surface area contributed by atoms with E-state index in [0.29, 0.717) is 11.6 Å². The molecule has 0 spiro atoms. The number of anilines is 1. The Morgan fingerprint density at radius 1 is 1.09 bits per heavy atom. The van der Waals surface area contributed by atoms with Crippen LogP contribution in [0.3, 0.4) is 0 Å². The lowest BCUT2D eigenvalue weighted by Gasteiger charge is -2.13. The van der Waals surface area contributed by atoms with Crippen molar-refractivity contribution in [3.05, 3.63) is 95.4 Å². The van der Waals surface area contributed by atoms with Crippen molar-refractivity contribution in [2.45, 2.75) is 11.4 Å². The van der Waals surface area contributed by atoms with Crippen LogP contribution in [0, 0.1) is 0 Å². The van der Waals surface area contributed by atoms with Crippen molar-refractivity contribution in [3.8, 4) is 11.6 Å². The second-order valence-corrected chi connectivity index (χ2v) is 9.16. The Bertz CT molecular complexity index is 1430. The van der Waals surface area contributed by atoms with Crippen molar-refractivity contribution >= 4 is 33.2 Å². The number of methoxy groups -OCH3 is 1. The number of para-hydroxylation sites is 2. The number of rotatable bonds is 8. The monoisotopic (exact) mass is 497 g/mol. The van der Waals surface area contributed by atoms with Crippen molar-refractivity contribution in [3.63, 3.8) is 0 Å². The summed E-state index contributed by atoms with van der Waals surface area (Å²) in [6.07, 6.45) is 5.03. The molecule has 2 heterocycles. The van der Waals surface area contributed by atoms with E-state index in [4.69, 9.17) is 16.3 Å². The molecule has 0 aliphatic carbocycles. The van der Waals surface area contributed by atoms with Crippen LogP contribution in [0.1, 0.15) is 15.9 Å². The van der Waals surface area contributed by atoms with Gasteiger partial charge in [0.2, 0.25) is 0 Å². The predicted octanol–water partition coefficient (Wildman–Crippen LogP) is 3.66. The molecular formula is C23H20ClN5O4S. The molecule has 0 aliphatic rings. The predicted molar refractivity (Wildman–Crippen MR) is 128 cm³/mol. The van der Waals surface area contributed by atoms with Crippen molar-refractivity contribution in [2.24, 2.45) is 0 Å². The van der Waals surface area contributed by atoms with Crippen LogP contribution < -0.4 is 14.8 Å². The van der Waals surface area contributed by atoms with Gasteiger partial charge in [-0.2, -0.15) is 5.10 Å². The van der Waals surface area contributed by atoms with Crippen LogP contribution in [0.5, 0.6) is 5.75 Å². The highest BCUT2D eigenvalue weighted by atomic mass is 35.5. The molecule has 0 saturated carbocycles. The molecule has 0 saturated heterocycles. The summed E-state index contributed by atoms with van der Waals surface area (Å²) in [5, 5.41) is 6.90. The second-order valence-electron chi connectivity index (χ2n) is 7.11. The summed E-state index contributed by atoms with van der Waals surface area (Å²) in [5.74, 6) is 0.504. The molecule has 4 rings (SSSR count). The SMILES string of the molecule is COc1ccccc1NS(=O)(=O)c1cc(C(=O)NCc2ccnc(-n3cccn3)c2)ccc1Cl. The first-order chi connectivity index (χ1) is 16.4. The summed E-state index contributed by atoms with van der Waals surface area (Å²) in [4.78, 5) is 16.8. The summed E-state index contributed by atoms with van der Waals surface area (Å²) < 4.78 is 35.2. The fourth-order valence-electron chi connectivity index (χ4n) is 3.16. The number of hydrogen-bond donors (Lipinski definition) is 2. The molecule has 0 radical (unpaired) electrons. The number of benzene rings is 2. The first-order valence-corrected chi connectivity index (χ1v) is 11.9. The van der Waals surface area contributed by atoms with E-state index in [0.717, 1.165) is 5.56 Å². The minimum Gasteiger partial charge on any atom is -0.495 e. The van der Waals surface area contributed by atoms with Crippen LogP contribution in [-0.2, 0) is 16.6 Å². The van der Waals surface area contributed by atoms with Crippen molar-refractivity contribution in [1.82, 2.24) is 20.1 Å². The van der Waals surface area contributed by atoms with Gasteiger partial charge in [0.1, 0.15) is 10.6 Å². The maximum absolute atomic E-state index is 13.0. The molecule has 34 heavy (non-hydrogen) atoms. The van der Waals surface area contributed by atoms with E-state index in [1.165, 1.54) is 25.3 Å². The minimum absolute atomic E-state index is 0.0167. The van der Waals surface area contributed by atoms with E-state index in [9.17, 15) is 13.2 Å². The van der Waals surface area contributed by atoms with Crippen LogP contribution in [-0.4, -0.2) is 36.2 Å². The lowest BCUT2D eigenvalue weighted by molar-refractivity contribution is 0.0950. The van der Waals surface area contributed by atoms with Crippen LogP contribution in [0.2, 0.25) is 5.02 Å². The van der Waals surface area contributed by atoms with Crippen LogP contribution in [0.25, 0.3) is 5.82 Å². The molecule has 2 aromatic heterocycles. The van der Waals surface area contributed by atoms with Crippen molar-refractivity contribution in [2.75, 3.05) is 11.8 Å². The third-order valence-corrected chi connectivity index (χ3v) is 6.68. The molecule has 2 aromatic carbocycles. The molecule has 0 unspecified atom stereocenters. The number of carbonyl (C=O) groups is 1. The van der Waals surface area contributed by atoms with Crippen LogP contribution >= 0.6 is 11.6 Å². The number of nitrogens with one attached hydrogen (secondary N) is 2. The van der Waals surface area contributed by atoms with Gasteiger partial charge in [0.05, 0.1) is 17.8 Å². The average molecular weight is 498 g/mol. The quantitative estimate of drug-likeness (QED) is 0.384. The van der Waals surface area contributed by atoms with E-state index in [-0.39, 0.29) is 27.7 Å². The largest absolute Gasteiger partial charge is 0.495 e. The van der Waals surface area contributed by atoms with Gasteiger partial charge in [0, 0.05) is 30.7 Å². The van der Waals surface area contributed by atoms with Gasteiger partial charge in [0.15, 0.2) is 5.82 Å². The summed E-state index contributed by atoms with van der Waals surface area (Å²) in [5.41, 5.74) is 1.20. The lowest BCUT2D eigenvalue weighted by atomic mass is 10.2. The minimum atomic E-state index is -4.09. The van der Waals surface area contributed by atoms with Gasteiger partial charge in [-0.1, -0.05) is 23.7 Å². The Morgan fingerprint density at radius 3 is 2.68 bits per heavy atom. The Balaban J connectivity index is 1.51. The van der Waals surface area contributed by atoms with Crippen LogP contribution in [0.4, 0.5) is 5.69 Å². The van der Waals surface area contributed by atoms with Gasteiger partial charge in [-0.25, -0.2) is 18.1 Å². The van der Waals surface area contributed by atoms with Crippen LogP contribution in [0.15, 0.2) is 84.1 Å². The first kappa shape index (κ1) is 23.3. The van der Waals surface area contributed by atoms with E-state index in [2.05, 4.69) is 20.1 Å². The third-order valence-electron chi connectivity index (χ3n) is 4.84. The molecule has 0 aliphatic heterocycles. The molecule has 11 heteroatoms. The molecule has 9 nitrogen and oxygen atoms in total. The molecule has 0 bridgehead atoms. The Morgan fingerprint density at radius 2 is 1.91 bits per heavy atom. The van der Waals surface area contributed by atoms with E-state index < -0.39 is 15.9 Å². The normalized spacial score (nSPS) is 11.1. The summed E-state index contributed by atoms with van der Waals surface area (Å²) in [6, 6.07) is 16.0. The number of nitrogens with zero attached hydrogens (tertiary/aromatic N) is 3. The van der Waals surface area contributed by atoms with E-state index in [1.54, 1.807) is 65.7 Å². The highest BCUT2D eigenvalue weighted by Crippen LogP contribution is 2.29. The summed E-state index contributed by atoms with van der Waals surface area (Å²) in [6.45, 7) is 0.208. The molecule has 2 N–H and O–H groups in total. The topological polar surface area (TPSA) is 115 Å². The zero-order valence-corrected chi connectivity index (χ0v) is 19.5. The number of ether oxygens (including phenoxy) is 1. The number of amides is 1. The zero-order chi connectivity index (χ0) is 24.1. The Labute approximate surface area is 201 Å². The molecule has 1 amide bonds. The van der Waals surface area contributed by atoms with E-state index >= 15 is 0 Å². The maximum atomic E-state index is 13.0. The van der Waals surface area contributed by atoms with Gasteiger partial charge in [-0.15, -0.1) is 0 Å². The van der Waals surface area contributed by atoms with Gasteiger partial charge >= 0.3 is 0 Å². The van der Waals surface area contributed by atoms with Gasteiger partial charge < -0.3 is 10.1 Å². The number of aromatic nitrogens is 3. The fraction of sp³-hybridized carbons (Fsp3) is 0.0870. The van der Waals surface area contributed by atoms with Crippen molar-refractivity contribution < 1.29 is 17.9 Å². The molecular weight excluding hydrogens is 478 g/mol. The highest BCUT2D eigenvalue weighted by molar-refractivity contribution is 7.92. The molecule has 4 aromatic rings. The third kappa shape index (κ3) is 5.19. The van der Waals surface area contributed by atoms with Gasteiger partial charge in [-0.05, 0) is 54.1 Å². The molecule has 0 fully saturated rings. The second kappa shape index (κ2) is 9.94. The highest BCUT2D eigenvalue weighted by Gasteiger charge is 2.22. The van der Waals surface area contributed by atoms with E-state index in [1.807, 2.05) is 0 Å². The molecule has 174 valence electrons. The smallest absolute Gasteiger partial charge is 0.263 e. The van der Waals surface area contributed by atoms with Gasteiger partial charge in [0.25, 0.3) is 15.9 Å². The number of halogens is 1. The average Bonchev–Trinajstić information content (AvgIpc) is 3.38. The summed E-state index contributed by atoms with van der Waals surface area (Å²) in [7, 11) is -2.65. The van der Waals surface area contributed by atoms with Gasteiger partial charge in [-0.3, -0.25) is 9.52 Å². The Hall–Kier alpha value is -3.89. The number of hydrogen-bond acceptors (Lipinski definition) is 6. The Kier molecular flexibility index (Phi) is 6.80. The molecule has 0 atom stereocenters. The number of sulfonamides is 1.